The summed E-state index contributed by atoms with van der Waals surface area (Å²) in [6, 6.07) is 2.69. The molecule has 6 nitrogen and oxygen atoms in total. The van der Waals surface area contributed by atoms with Gasteiger partial charge in [0.05, 0.1) is 5.69 Å². The van der Waals surface area contributed by atoms with Gasteiger partial charge < -0.3 is 15.2 Å². The van der Waals surface area contributed by atoms with Crippen LogP contribution in [0.2, 0.25) is 0 Å². The molecular formula is C18H33N5O. The van der Waals surface area contributed by atoms with Crippen molar-refractivity contribution in [1.29, 1.82) is 0 Å². The zero-order valence-corrected chi connectivity index (χ0v) is 15.6. The second-order valence-corrected chi connectivity index (χ2v) is 6.88. The highest BCUT2D eigenvalue weighted by atomic mass is 16.5. The smallest absolute Gasteiger partial charge is 0.191 e. The molecule has 0 aliphatic carbocycles. The lowest BCUT2D eigenvalue weighted by atomic mass is 10.0. The number of nitrogens with zero attached hydrogens (tertiary/aromatic N) is 3. The summed E-state index contributed by atoms with van der Waals surface area (Å²) in [5.41, 5.74) is 0.984. The van der Waals surface area contributed by atoms with Crippen LogP contribution in [0.1, 0.15) is 64.3 Å². The van der Waals surface area contributed by atoms with E-state index in [4.69, 9.17) is 4.52 Å². The monoisotopic (exact) mass is 335 g/mol. The van der Waals surface area contributed by atoms with Crippen LogP contribution < -0.4 is 10.6 Å². The van der Waals surface area contributed by atoms with E-state index in [-0.39, 0.29) is 0 Å². The van der Waals surface area contributed by atoms with Crippen LogP contribution in [0.4, 0.5) is 0 Å². The van der Waals surface area contributed by atoms with Crippen LogP contribution in [0.25, 0.3) is 0 Å². The average Bonchev–Trinajstić information content (AvgIpc) is 3.03. The van der Waals surface area contributed by atoms with Crippen LogP contribution in [-0.4, -0.2) is 48.2 Å². The molecule has 1 aromatic rings. The maximum absolute atomic E-state index is 5.35. The van der Waals surface area contributed by atoms with Gasteiger partial charge in [-0.3, -0.25) is 4.90 Å². The van der Waals surface area contributed by atoms with Gasteiger partial charge in [0, 0.05) is 31.7 Å². The molecule has 0 saturated carbocycles. The standard InChI is InChI=1S/C18H33N5O/c1-5-19-18(20-9-11-23-10-7-6-8-15(23)4)21-13-16-12-17(14(2)3)22-24-16/h12,14-15H,5-11,13H2,1-4H3,(H2,19,20,21). The van der Waals surface area contributed by atoms with E-state index in [2.05, 4.69) is 53.4 Å². The molecule has 2 heterocycles. The van der Waals surface area contributed by atoms with Crippen LogP contribution in [0, 0.1) is 0 Å². The molecule has 0 amide bonds. The number of hydrogen-bond donors (Lipinski definition) is 2. The molecule has 1 saturated heterocycles. The Balaban J connectivity index is 1.81. The quantitative estimate of drug-likeness (QED) is 0.592. The number of piperidine rings is 1. The molecule has 136 valence electrons. The van der Waals surface area contributed by atoms with E-state index in [1.807, 2.05) is 6.07 Å². The predicted octanol–water partition coefficient (Wildman–Crippen LogP) is 2.73. The number of hydrogen-bond acceptors (Lipinski definition) is 4. The van der Waals surface area contributed by atoms with E-state index < -0.39 is 0 Å². The van der Waals surface area contributed by atoms with Crippen LogP contribution >= 0.6 is 0 Å². The first-order chi connectivity index (χ1) is 11.6. The molecule has 0 bridgehead atoms. The predicted molar refractivity (Wildman–Crippen MR) is 98.3 cm³/mol. The molecule has 1 aliphatic heterocycles. The topological polar surface area (TPSA) is 65.7 Å². The molecule has 2 rings (SSSR count). The largest absolute Gasteiger partial charge is 0.359 e. The molecule has 2 N–H and O–H groups in total. The van der Waals surface area contributed by atoms with Gasteiger partial charge in [-0.15, -0.1) is 0 Å². The first kappa shape index (κ1) is 18.8. The number of likely N-dealkylation sites (tertiary alicyclic amines) is 1. The molecule has 24 heavy (non-hydrogen) atoms. The molecule has 1 aliphatic rings. The number of nitrogens with one attached hydrogen (secondary N) is 2. The van der Waals surface area contributed by atoms with Crippen LogP contribution in [-0.2, 0) is 6.54 Å². The highest BCUT2D eigenvalue weighted by Gasteiger charge is 2.17. The van der Waals surface area contributed by atoms with E-state index in [1.165, 1.54) is 25.8 Å². The number of guanidine groups is 1. The Morgan fingerprint density at radius 2 is 2.25 bits per heavy atom. The molecule has 1 fully saturated rings. The summed E-state index contributed by atoms with van der Waals surface area (Å²) in [7, 11) is 0. The summed E-state index contributed by atoms with van der Waals surface area (Å²) in [5.74, 6) is 2.02. The number of aromatic nitrogens is 1. The minimum Gasteiger partial charge on any atom is -0.359 e. The number of rotatable bonds is 7. The second kappa shape index (κ2) is 9.67. The fourth-order valence-corrected chi connectivity index (χ4v) is 2.98. The molecule has 1 aromatic heterocycles. The molecular weight excluding hydrogens is 302 g/mol. The Kier molecular flexibility index (Phi) is 7.56. The van der Waals surface area contributed by atoms with E-state index in [0.717, 1.165) is 37.0 Å². The second-order valence-electron chi connectivity index (χ2n) is 6.88. The van der Waals surface area contributed by atoms with Crippen molar-refractivity contribution >= 4 is 5.96 Å². The van der Waals surface area contributed by atoms with Gasteiger partial charge in [0.15, 0.2) is 11.7 Å². The maximum Gasteiger partial charge on any atom is 0.191 e. The highest BCUT2D eigenvalue weighted by Crippen LogP contribution is 2.15. The molecule has 1 unspecified atom stereocenters. The Labute approximate surface area is 146 Å². The summed E-state index contributed by atoms with van der Waals surface area (Å²) in [5, 5.41) is 10.8. The van der Waals surface area contributed by atoms with Gasteiger partial charge in [-0.2, -0.15) is 0 Å². The third-order valence-electron chi connectivity index (χ3n) is 4.54. The van der Waals surface area contributed by atoms with Gasteiger partial charge in [-0.05, 0) is 39.2 Å². The SMILES string of the molecule is CCNC(=NCc1cc(C(C)C)no1)NCCN1CCCCC1C. The molecule has 0 spiro atoms. The average molecular weight is 335 g/mol. The zero-order valence-electron chi connectivity index (χ0n) is 15.6. The van der Waals surface area contributed by atoms with Crippen LogP contribution in [0.5, 0.6) is 0 Å². The molecule has 1 atom stereocenters. The van der Waals surface area contributed by atoms with Gasteiger partial charge in [0.1, 0.15) is 6.54 Å². The van der Waals surface area contributed by atoms with E-state index in [9.17, 15) is 0 Å². The van der Waals surface area contributed by atoms with Crippen LogP contribution in [0.15, 0.2) is 15.6 Å². The number of aliphatic imine (C=N–C) groups is 1. The zero-order chi connectivity index (χ0) is 17.4. The van der Waals surface area contributed by atoms with Crippen LogP contribution in [0.3, 0.4) is 0 Å². The van der Waals surface area contributed by atoms with E-state index in [1.54, 1.807) is 0 Å². The van der Waals surface area contributed by atoms with E-state index >= 15 is 0 Å². The fraction of sp³-hybridized carbons (Fsp3) is 0.778. The Bertz CT molecular complexity index is 511. The first-order valence-electron chi connectivity index (χ1n) is 9.31. The van der Waals surface area contributed by atoms with Gasteiger partial charge in [-0.25, -0.2) is 4.99 Å². The Morgan fingerprint density at radius 3 is 2.92 bits per heavy atom. The summed E-state index contributed by atoms with van der Waals surface area (Å²) in [6.07, 6.45) is 4.00. The lowest BCUT2D eigenvalue weighted by Gasteiger charge is -2.33. The van der Waals surface area contributed by atoms with Crippen molar-refractivity contribution in [3.05, 3.63) is 17.5 Å². The minimum absolute atomic E-state index is 0.379. The minimum atomic E-state index is 0.379. The third-order valence-corrected chi connectivity index (χ3v) is 4.54. The Hall–Kier alpha value is -1.56. The molecule has 6 heteroatoms. The third kappa shape index (κ3) is 5.82. The summed E-state index contributed by atoms with van der Waals surface area (Å²) in [4.78, 5) is 7.16. The van der Waals surface area contributed by atoms with Gasteiger partial charge in [-0.1, -0.05) is 25.4 Å². The molecule has 0 aromatic carbocycles. The molecule has 0 radical (unpaired) electrons. The van der Waals surface area contributed by atoms with Crippen molar-refractivity contribution in [3.8, 4) is 0 Å². The van der Waals surface area contributed by atoms with Crippen molar-refractivity contribution < 1.29 is 4.52 Å². The Morgan fingerprint density at radius 1 is 1.42 bits per heavy atom. The van der Waals surface area contributed by atoms with Gasteiger partial charge in [0.25, 0.3) is 0 Å². The van der Waals surface area contributed by atoms with Crippen molar-refractivity contribution in [2.75, 3.05) is 26.2 Å². The summed E-state index contributed by atoms with van der Waals surface area (Å²) < 4.78 is 5.35. The summed E-state index contributed by atoms with van der Waals surface area (Å²) >= 11 is 0. The van der Waals surface area contributed by atoms with Crippen molar-refractivity contribution in [1.82, 2.24) is 20.7 Å². The van der Waals surface area contributed by atoms with Crippen molar-refractivity contribution in [2.24, 2.45) is 4.99 Å². The van der Waals surface area contributed by atoms with Gasteiger partial charge >= 0.3 is 0 Å². The summed E-state index contributed by atoms with van der Waals surface area (Å²) in [6.45, 7) is 13.2. The lowest BCUT2D eigenvalue weighted by Crippen LogP contribution is -2.45. The van der Waals surface area contributed by atoms with Crippen molar-refractivity contribution in [2.45, 2.75) is 65.5 Å². The lowest BCUT2D eigenvalue weighted by molar-refractivity contribution is 0.163. The fourth-order valence-electron chi connectivity index (χ4n) is 2.98. The van der Waals surface area contributed by atoms with Gasteiger partial charge in [0.2, 0.25) is 0 Å². The van der Waals surface area contributed by atoms with E-state index in [0.29, 0.717) is 18.5 Å². The van der Waals surface area contributed by atoms with Crippen molar-refractivity contribution in [3.63, 3.8) is 0 Å². The first-order valence-corrected chi connectivity index (χ1v) is 9.31. The highest BCUT2D eigenvalue weighted by molar-refractivity contribution is 5.79. The normalized spacial score (nSPS) is 19.7. The maximum atomic E-state index is 5.35.